The maximum atomic E-state index is 5.14. The van der Waals surface area contributed by atoms with Gasteiger partial charge in [0.1, 0.15) is 5.82 Å². The van der Waals surface area contributed by atoms with Crippen LogP contribution in [0.15, 0.2) is 109 Å². The maximum absolute atomic E-state index is 5.14. The molecule has 7 aromatic rings. The monoisotopic (exact) mass is 480 g/mol. The molecule has 7 rings (SSSR count). The fourth-order valence-electron chi connectivity index (χ4n) is 5.41. The Morgan fingerprint density at radius 3 is 2.33 bits per heavy atom. The highest BCUT2D eigenvalue weighted by Gasteiger charge is 2.18. The van der Waals surface area contributed by atoms with Crippen LogP contribution in [0.2, 0.25) is 0 Å². The Morgan fingerprint density at radius 1 is 0.694 bits per heavy atom. The van der Waals surface area contributed by atoms with Gasteiger partial charge in [-0.15, -0.1) is 11.3 Å². The van der Waals surface area contributed by atoms with Gasteiger partial charge in [0.25, 0.3) is 0 Å². The van der Waals surface area contributed by atoms with Crippen LogP contribution in [-0.2, 0) is 0 Å². The lowest BCUT2D eigenvalue weighted by Crippen LogP contribution is -1.97. The Balaban J connectivity index is 1.45. The molecule has 0 aliphatic rings. The molecule has 2 heterocycles. The van der Waals surface area contributed by atoms with Gasteiger partial charge in [-0.25, -0.2) is 4.98 Å². The number of hydrogen-bond donors (Lipinski definition) is 0. The number of nitrogens with zero attached hydrogens (tertiary/aromatic N) is 2. The molecule has 3 heteroatoms. The molecule has 36 heavy (non-hydrogen) atoms. The van der Waals surface area contributed by atoms with Gasteiger partial charge in [-0.2, -0.15) is 0 Å². The van der Waals surface area contributed by atoms with Crippen LogP contribution in [0.4, 0.5) is 0 Å². The van der Waals surface area contributed by atoms with Gasteiger partial charge in [0, 0.05) is 26.7 Å². The quantitative estimate of drug-likeness (QED) is 0.246. The first-order valence-electron chi connectivity index (χ1n) is 12.2. The Kier molecular flexibility index (Phi) is 4.80. The standard InChI is InChI=1S/C33H24N2S/c1-21-8-7-9-22(2)32(21)25-15-17-27-28(20-36-31(27)19-25)33-34-29-12-5-6-13-30(29)35(33)26-16-14-23-10-3-4-11-24(23)18-26/h3-20H,1-2H3. The van der Waals surface area contributed by atoms with Crippen LogP contribution in [0.25, 0.3) is 60.1 Å². The fourth-order valence-corrected chi connectivity index (χ4v) is 6.39. The van der Waals surface area contributed by atoms with Crippen LogP contribution in [0, 0.1) is 13.8 Å². The number of fused-ring (bicyclic) bond motifs is 3. The van der Waals surface area contributed by atoms with Crippen LogP contribution >= 0.6 is 11.3 Å². The fraction of sp³-hybridized carbons (Fsp3) is 0.0606. The molecule has 0 saturated heterocycles. The average Bonchev–Trinajstić information content (AvgIpc) is 3.49. The van der Waals surface area contributed by atoms with Crippen molar-refractivity contribution < 1.29 is 0 Å². The zero-order valence-corrected chi connectivity index (χ0v) is 21.0. The largest absolute Gasteiger partial charge is 0.292 e. The lowest BCUT2D eigenvalue weighted by molar-refractivity contribution is 1.11. The van der Waals surface area contributed by atoms with Crippen LogP contribution in [0.5, 0.6) is 0 Å². The summed E-state index contributed by atoms with van der Waals surface area (Å²) in [5, 5.41) is 5.98. The van der Waals surface area contributed by atoms with E-state index < -0.39 is 0 Å². The minimum atomic E-state index is 0.984. The third-order valence-corrected chi connectivity index (χ3v) is 8.08. The van der Waals surface area contributed by atoms with Gasteiger partial charge >= 0.3 is 0 Å². The molecule has 0 amide bonds. The predicted octanol–water partition coefficient (Wildman–Crippen LogP) is 9.34. The minimum Gasteiger partial charge on any atom is -0.292 e. The Labute approximate surface area is 214 Å². The van der Waals surface area contributed by atoms with Crippen molar-refractivity contribution in [3.8, 4) is 28.2 Å². The van der Waals surface area contributed by atoms with Crippen molar-refractivity contribution in [1.82, 2.24) is 9.55 Å². The predicted molar refractivity (Wildman–Crippen MR) is 154 cm³/mol. The van der Waals surface area contributed by atoms with Crippen molar-refractivity contribution in [3.05, 3.63) is 120 Å². The van der Waals surface area contributed by atoms with Gasteiger partial charge in [-0.1, -0.05) is 72.8 Å². The highest BCUT2D eigenvalue weighted by molar-refractivity contribution is 7.17. The van der Waals surface area contributed by atoms with Gasteiger partial charge in [0.2, 0.25) is 0 Å². The summed E-state index contributed by atoms with van der Waals surface area (Å²) < 4.78 is 3.59. The van der Waals surface area contributed by atoms with E-state index in [9.17, 15) is 0 Å². The van der Waals surface area contributed by atoms with E-state index in [1.54, 1.807) is 11.3 Å². The van der Waals surface area contributed by atoms with E-state index in [1.165, 1.54) is 48.7 Å². The van der Waals surface area contributed by atoms with Crippen molar-refractivity contribution in [2.75, 3.05) is 0 Å². The number of hydrogen-bond acceptors (Lipinski definition) is 2. The van der Waals surface area contributed by atoms with Crippen LogP contribution < -0.4 is 0 Å². The normalized spacial score (nSPS) is 11.6. The third-order valence-electron chi connectivity index (χ3n) is 7.14. The second-order valence-electron chi connectivity index (χ2n) is 9.42. The smallest absolute Gasteiger partial charge is 0.147 e. The molecular formula is C33H24N2S. The van der Waals surface area contributed by atoms with E-state index in [0.29, 0.717) is 0 Å². The van der Waals surface area contributed by atoms with E-state index in [0.717, 1.165) is 22.5 Å². The van der Waals surface area contributed by atoms with Gasteiger partial charge in [-0.05, 0) is 77.2 Å². The zero-order valence-electron chi connectivity index (χ0n) is 20.2. The lowest BCUT2D eigenvalue weighted by atomic mass is 9.95. The van der Waals surface area contributed by atoms with Crippen LogP contribution in [0.1, 0.15) is 11.1 Å². The second kappa shape index (κ2) is 8.18. The molecule has 2 aromatic heterocycles. The van der Waals surface area contributed by atoms with Crippen molar-refractivity contribution >= 4 is 43.2 Å². The first-order valence-corrected chi connectivity index (χ1v) is 13.1. The van der Waals surface area contributed by atoms with E-state index in [1.807, 2.05) is 0 Å². The molecule has 0 saturated carbocycles. The zero-order chi connectivity index (χ0) is 24.2. The topological polar surface area (TPSA) is 17.8 Å². The molecule has 0 aliphatic carbocycles. The minimum absolute atomic E-state index is 0.984. The van der Waals surface area contributed by atoms with Gasteiger partial charge < -0.3 is 0 Å². The molecule has 2 nitrogen and oxygen atoms in total. The number of benzene rings is 5. The summed E-state index contributed by atoms with van der Waals surface area (Å²) in [7, 11) is 0. The summed E-state index contributed by atoms with van der Waals surface area (Å²) in [6.07, 6.45) is 0. The molecule has 0 atom stereocenters. The molecule has 172 valence electrons. The van der Waals surface area contributed by atoms with E-state index in [2.05, 4.69) is 127 Å². The molecule has 0 bridgehead atoms. The Hall–Kier alpha value is -4.21. The number of aryl methyl sites for hydroxylation is 2. The summed E-state index contributed by atoms with van der Waals surface area (Å²) in [5.41, 5.74) is 9.65. The first-order chi connectivity index (χ1) is 17.7. The number of imidazole rings is 1. The molecule has 0 aliphatic heterocycles. The molecular weight excluding hydrogens is 456 g/mol. The highest BCUT2D eigenvalue weighted by Crippen LogP contribution is 2.39. The third kappa shape index (κ3) is 3.28. The lowest BCUT2D eigenvalue weighted by Gasteiger charge is -2.12. The van der Waals surface area contributed by atoms with Crippen molar-refractivity contribution in [2.24, 2.45) is 0 Å². The van der Waals surface area contributed by atoms with E-state index >= 15 is 0 Å². The molecule has 0 spiro atoms. The number of para-hydroxylation sites is 2. The average molecular weight is 481 g/mol. The molecule has 0 radical (unpaired) electrons. The highest BCUT2D eigenvalue weighted by atomic mass is 32.1. The number of thiophene rings is 1. The summed E-state index contributed by atoms with van der Waals surface area (Å²) >= 11 is 1.79. The first kappa shape index (κ1) is 21.1. The molecule has 5 aromatic carbocycles. The summed E-state index contributed by atoms with van der Waals surface area (Å²) in [6, 6.07) is 37.0. The summed E-state index contributed by atoms with van der Waals surface area (Å²) in [5.74, 6) is 0.984. The number of aromatic nitrogens is 2. The SMILES string of the molecule is Cc1cccc(C)c1-c1ccc2c(-c3nc4ccccc4n3-c3ccc4ccccc4c3)csc2c1. The Morgan fingerprint density at radius 2 is 1.47 bits per heavy atom. The van der Waals surface area contributed by atoms with Gasteiger partial charge in [0.15, 0.2) is 0 Å². The molecule has 0 unspecified atom stereocenters. The van der Waals surface area contributed by atoms with Gasteiger partial charge in [0.05, 0.1) is 11.0 Å². The molecule has 0 N–H and O–H groups in total. The van der Waals surface area contributed by atoms with Crippen molar-refractivity contribution in [2.45, 2.75) is 13.8 Å². The van der Waals surface area contributed by atoms with Crippen molar-refractivity contribution in [1.29, 1.82) is 0 Å². The number of rotatable bonds is 3. The van der Waals surface area contributed by atoms with E-state index in [-0.39, 0.29) is 0 Å². The maximum Gasteiger partial charge on any atom is 0.147 e. The van der Waals surface area contributed by atoms with Crippen LogP contribution in [0.3, 0.4) is 0 Å². The van der Waals surface area contributed by atoms with Crippen LogP contribution in [-0.4, -0.2) is 9.55 Å². The molecule has 0 fully saturated rings. The Bertz CT molecular complexity index is 1900. The van der Waals surface area contributed by atoms with E-state index in [4.69, 9.17) is 4.98 Å². The second-order valence-corrected chi connectivity index (χ2v) is 10.3. The summed E-state index contributed by atoms with van der Waals surface area (Å²) in [4.78, 5) is 5.14. The van der Waals surface area contributed by atoms with Gasteiger partial charge in [-0.3, -0.25) is 4.57 Å². The van der Waals surface area contributed by atoms with Crippen molar-refractivity contribution in [3.63, 3.8) is 0 Å². The summed E-state index contributed by atoms with van der Waals surface area (Å²) in [6.45, 7) is 4.39.